The summed E-state index contributed by atoms with van der Waals surface area (Å²) in [4.78, 5) is 29.1. The Balaban J connectivity index is 1.71. The van der Waals surface area contributed by atoms with Gasteiger partial charge in [0.2, 0.25) is 0 Å². The Hall–Kier alpha value is -3.19. The van der Waals surface area contributed by atoms with Crippen LogP contribution in [0.3, 0.4) is 0 Å². The van der Waals surface area contributed by atoms with Crippen molar-refractivity contribution in [2.45, 2.75) is 13.8 Å². The van der Waals surface area contributed by atoms with Crippen molar-refractivity contribution in [1.82, 2.24) is 4.98 Å². The Morgan fingerprint density at radius 2 is 2.07 bits per heavy atom. The molecule has 136 valence electrons. The van der Waals surface area contributed by atoms with Gasteiger partial charge in [0, 0.05) is 17.5 Å². The number of fused-ring (bicyclic) bond motifs is 2. The van der Waals surface area contributed by atoms with E-state index in [1.807, 2.05) is 32.0 Å². The van der Waals surface area contributed by atoms with Crippen molar-refractivity contribution in [3.8, 4) is 5.75 Å². The molecule has 6 nitrogen and oxygen atoms in total. The van der Waals surface area contributed by atoms with Crippen molar-refractivity contribution in [3.63, 3.8) is 0 Å². The highest BCUT2D eigenvalue weighted by Gasteiger charge is 2.16. The predicted molar refractivity (Wildman–Crippen MR) is 106 cm³/mol. The molecule has 7 heteroatoms. The zero-order chi connectivity index (χ0) is 19.0. The lowest BCUT2D eigenvalue weighted by Gasteiger charge is -2.07. The van der Waals surface area contributed by atoms with Crippen LogP contribution in [0.4, 0.5) is 5.13 Å². The van der Waals surface area contributed by atoms with Gasteiger partial charge >= 0.3 is 5.63 Å². The summed E-state index contributed by atoms with van der Waals surface area (Å²) >= 11 is 1.39. The number of anilines is 1. The Morgan fingerprint density at radius 1 is 1.22 bits per heavy atom. The van der Waals surface area contributed by atoms with Gasteiger partial charge in [-0.15, -0.1) is 0 Å². The molecular weight excluding hydrogens is 364 g/mol. The lowest BCUT2D eigenvalue weighted by Crippen LogP contribution is -2.15. The van der Waals surface area contributed by atoms with Gasteiger partial charge in [-0.05, 0) is 43.7 Å². The first-order chi connectivity index (χ1) is 13.0. The van der Waals surface area contributed by atoms with Crippen LogP contribution >= 0.6 is 11.3 Å². The molecule has 0 aliphatic carbocycles. The molecule has 0 radical (unpaired) electrons. The number of nitrogens with zero attached hydrogens (tertiary/aromatic N) is 1. The molecule has 1 amide bonds. The highest BCUT2D eigenvalue weighted by atomic mass is 32.1. The van der Waals surface area contributed by atoms with Gasteiger partial charge in [0.25, 0.3) is 5.91 Å². The number of amides is 1. The van der Waals surface area contributed by atoms with Gasteiger partial charge in [-0.1, -0.05) is 17.4 Å². The second kappa shape index (κ2) is 6.85. The number of rotatable bonds is 4. The first-order valence-corrected chi connectivity index (χ1v) is 9.24. The van der Waals surface area contributed by atoms with Crippen molar-refractivity contribution in [2.75, 3.05) is 11.9 Å². The van der Waals surface area contributed by atoms with E-state index in [0.717, 1.165) is 15.8 Å². The van der Waals surface area contributed by atoms with Crippen LogP contribution in [0.15, 0.2) is 51.7 Å². The second-order valence-electron chi connectivity index (χ2n) is 6.01. The molecule has 0 spiro atoms. The average molecular weight is 380 g/mol. The van der Waals surface area contributed by atoms with E-state index in [9.17, 15) is 9.59 Å². The fraction of sp³-hybridized carbons (Fsp3) is 0.150. The summed E-state index contributed by atoms with van der Waals surface area (Å²) in [6, 6.07) is 12.2. The zero-order valence-electron chi connectivity index (χ0n) is 14.7. The lowest BCUT2D eigenvalue weighted by atomic mass is 10.1. The number of hydrogen-bond acceptors (Lipinski definition) is 6. The van der Waals surface area contributed by atoms with E-state index in [1.165, 1.54) is 17.4 Å². The van der Waals surface area contributed by atoms with Crippen LogP contribution < -0.4 is 15.7 Å². The largest absolute Gasteiger partial charge is 0.494 e. The van der Waals surface area contributed by atoms with E-state index in [1.54, 1.807) is 18.2 Å². The van der Waals surface area contributed by atoms with Crippen LogP contribution in [0, 0.1) is 6.92 Å². The van der Waals surface area contributed by atoms with Gasteiger partial charge in [0.15, 0.2) is 5.13 Å². The van der Waals surface area contributed by atoms with Crippen LogP contribution in [0.25, 0.3) is 21.2 Å². The quantitative estimate of drug-likeness (QED) is 0.532. The van der Waals surface area contributed by atoms with Crippen LogP contribution in [0.5, 0.6) is 5.75 Å². The highest BCUT2D eigenvalue weighted by molar-refractivity contribution is 7.22. The number of nitrogens with one attached hydrogen (secondary N) is 1. The standard InChI is InChI=1S/C20H16N2O4S/c1-3-25-12-5-6-13-14(10-18(23)26-16(13)9-12)19(24)22-20-21-15-7-4-11(2)8-17(15)27-20/h4-10H,3H2,1-2H3,(H,21,22,24). The van der Waals surface area contributed by atoms with Crippen LogP contribution in [-0.4, -0.2) is 17.5 Å². The molecular formula is C20H16N2O4S. The van der Waals surface area contributed by atoms with Crippen molar-refractivity contribution in [3.05, 3.63) is 64.0 Å². The molecule has 27 heavy (non-hydrogen) atoms. The average Bonchev–Trinajstić information content (AvgIpc) is 3.02. The van der Waals surface area contributed by atoms with Crippen molar-refractivity contribution < 1.29 is 13.9 Å². The number of thiazole rings is 1. The summed E-state index contributed by atoms with van der Waals surface area (Å²) in [7, 11) is 0. The second-order valence-corrected chi connectivity index (χ2v) is 7.05. The predicted octanol–water partition coefficient (Wildman–Crippen LogP) is 4.36. The Labute approximate surface area is 158 Å². The van der Waals surface area contributed by atoms with Gasteiger partial charge in [-0.2, -0.15) is 0 Å². The monoisotopic (exact) mass is 380 g/mol. The van der Waals surface area contributed by atoms with E-state index < -0.39 is 11.5 Å². The molecule has 0 saturated heterocycles. The van der Waals surface area contributed by atoms with Gasteiger partial charge < -0.3 is 9.15 Å². The summed E-state index contributed by atoms with van der Waals surface area (Å²) in [5.74, 6) is 0.167. The fourth-order valence-corrected chi connectivity index (χ4v) is 3.80. The van der Waals surface area contributed by atoms with Crippen molar-refractivity contribution >= 4 is 43.6 Å². The Kier molecular flexibility index (Phi) is 4.37. The first kappa shape index (κ1) is 17.2. The van der Waals surface area contributed by atoms with Crippen LogP contribution in [-0.2, 0) is 0 Å². The third-order valence-corrected chi connectivity index (χ3v) is 4.97. The van der Waals surface area contributed by atoms with E-state index in [2.05, 4.69) is 10.3 Å². The number of carbonyl (C=O) groups excluding carboxylic acids is 1. The van der Waals surface area contributed by atoms with Crippen molar-refractivity contribution in [1.29, 1.82) is 0 Å². The third-order valence-electron chi connectivity index (χ3n) is 4.04. The maximum atomic E-state index is 12.8. The van der Waals surface area contributed by atoms with E-state index in [-0.39, 0.29) is 5.56 Å². The fourth-order valence-electron chi connectivity index (χ4n) is 2.84. The molecule has 1 N–H and O–H groups in total. The minimum absolute atomic E-state index is 0.236. The molecule has 0 bridgehead atoms. The molecule has 0 atom stereocenters. The summed E-state index contributed by atoms with van der Waals surface area (Å²) in [5, 5.41) is 3.80. The first-order valence-electron chi connectivity index (χ1n) is 8.43. The molecule has 4 aromatic rings. The Morgan fingerprint density at radius 3 is 2.89 bits per heavy atom. The number of carbonyl (C=O) groups is 1. The van der Waals surface area contributed by atoms with E-state index in [0.29, 0.717) is 28.5 Å². The van der Waals surface area contributed by atoms with Crippen LogP contribution in [0.1, 0.15) is 22.8 Å². The van der Waals surface area contributed by atoms with E-state index in [4.69, 9.17) is 9.15 Å². The highest BCUT2D eigenvalue weighted by Crippen LogP contribution is 2.28. The smallest absolute Gasteiger partial charge is 0.337 e. The van der Waals surface area contributed by atoms with Gasteiger partial charge in [-0.25, -0.2) is 9.78 Å². The van der Waals surface area contributed by atoms with Gasteiger partial charge in [0.1, 0.15) is 11.3 Å². The minimum atomic E-state index is -0.596. The number of aryl methyl sites for hydroxylation is 1. The molecule has 4 rings (SSSR count). The SMILES string of the molecule is CCOc1ccc2c(C(=O)Nc3nc4ccc(C)cc4s3)cc(=O)oc2c1. The lowest BCUT2D eigenvalue weighted by molar-refractivity contribution is 0.102. The molecule has 0 aliphatic rings. The minimum Gasteiger partial charge on any atom is -0.494 e. The topological polar surface area (TPSA) is 81.4 Å². The maximum absolute atomic E-state index is 12.8. The molecule has 0 aliphatic heterocycles. The zero-order valence-corrected chi connectivity index (χ0v) is 15.6. The molecule has 0 saturated carbocycles. The van der Waals surface area contributed by atoms with Crippen molar-refractivity contribution in [2.24, 2.45) is 0 Å². The van der Waals surface area contributed by atoms with Crippen LogP contribution in [0.2, 0.25) is 0 Å². The molecule has 2 aromatic carbocycles. The van der Waals surface area contributed by atoms with Gasteiger partial charge in [-0.3, -0.25) is 10.1 Å². The molecule has 0 unspecified atom stereocenters. The van der Waals surface area contributed by atoms with Gasteiger partial charge in [0.05, 0.1) is 22.4 Å². The summed E-state index contributed by atoms with van der Waals surface area (Å²) < 4.78 is 11.6. The maximum Gasteiger partial charge on any atom is 0.337 e. The normalized spacial score (nSPS) is 11.0. The summed E-state index contributed by atoms with van der Waals surface area (Å²) in [6.45, 7) is 4.36. The number of benzene rings is 2. The molecule has 2 heterocycles. The summed E-state index contributed by atoms with van der Waals surface area (Å²) in [5.41, 5.74) is 1.89. The molecule has 2 aromatic heterocycles. The number of aromatic nitrogens is 1. The summed E-state index contributed by atoms with van der Waals surface area (Å²) in [6.07, 6.45) is 0. The number of hydrogen-bond donors (Lipinski definition) is 1. The number of ether oxygens (including phenoxy) is 1. The third kappa shape index (κ3) is 3.41. The Bertz CT molecular complexity index is 1230. The van der Waals surface area contributed by atoms with E-state index >= 15 is 0 Å². The molecule has 0 fully saturated rings.